The lowest BCUT2D eigenvalue weighted by Gasteiger charge is -2.09. The monoisotopic (exact) mass is 224 g/mol. The number of aliphatic hydroxyl groups is 3. The first kappa shape index (κ1) is 12.7. The fourth-order valence-corrected chi connectivity index (χ4v) is 1.28. The number of rotatable bonds is 4. The van der Waals surface area contributed by atoms with Crippen LogP contribution in [0.2, 0.25) is 0 Å². The summed E-state index contributed by atoms with van der Waals surface area (Å²) >= 11 is 0. The molecule has 2 atom stereocenters. The Morgan fingerprint density at radius 3 is 2.56 bits per heavy atom. The topological polar surface area (TPSA) is 80.9 Å². The van der Waals surface area contributed by atoms with Crippen molar-refractivity contribution in [1.82, 2.24) is 0 Å². The molecule has 4 N–H and O–H groups in total. The van der Waals surface area contributed by atoms with Crippen LogP contribution in [-0.2, 0) is 6.61 Å². The predicted octanol–water partition coefficient (Wildman–Crippen LogP) is 0.639. The summed E-state index contributed by atoms with van der Waals surface area (Å²) in [6.07, 6.45) is 1.15. The van der Waals surface area contributed by atoms with Gasteiger partial charge in [-0.1, -0.05) is 24.3 Å². The van der Waals surface area contributed by atoms with Crippen LogP contribution in [0.1, 0.15) is 18.1 Å². The molecule has 16 heavy (non-hydrogen) atoms. The van der Waals surface area contributed by atoms with Crippen LogP contribution in [-0.4, -0.2) is 32.6 Å². The quantitative estimate of drug-likeness (QED) is 0.605. The van der Waals surface area contributed by atoms with Gasteiger partial charge in [0.15, 0.2) is 0 Å². The van der Waals surface area contributed by atoms with E-state index in [0.29, 0.717) is 11.1 Å². The van der Waals surface area contributed by atoms with Crippen molar-refractivity contribution >= 4 is 6.08 Å². The molecule has 0 radical (unpaired) electrons. The lowest BCUT2D eigenvalue weighted by Crippen LogP contribution is -2.19. The molecule has 1 aromatic rings. The van der Waals surface area contributed by atoms with Crippen molar-refractivity contribution < 1.29 is 20.4 Å². The Balaban J connectivity index is 2.93. The molecule has 0 heterocycles. The molecule has 4 heteroatoms. The minimum absolute atomic E-state index is 0.0104. The van der Waals surface area contributed by atoms with E-state index in [1.807, 2.05) is 0 Å². The van der Waals surface area contributed by atoms with E-state index in [-0.39, 0.29) is 12.4 Å². The van der Waals surface area contributed by atoms with Crippen molar-refractivity contribution in [1.29, 1.82) is 0 Å². The van der Waals surface area contributed by atoms with Gasteiger partial charge in [0.1, 0.15) is 5.75 Å². The first-order valence-corrected chi connectivity index (χ1v) is 5.02. The molecule has 0 bridgehead atoms. The third kappa shape index (κ3) is 3.06. The summed E-state index contributed by atoms with van der Waals surface area (Å²) in [5.74, 6) is 0.0104. The zero-order valence-corrected chi connectivity index (χ0v) is 9.04. The fourth-order valence-electron chi connectivity index (χ4n) is 1.28. The Bertz CT molecular complexity index is 371. The van der Waals surface area contributed by atoms with Gasteiger partial charge in [0.05, 0.1) is 18.8 Å². The van der Waals surface area contributed by atoms with Crippen LogP contribution in [0.4, 0.5) is 0 Å². The normalized spacial score (nSPS) is 15.2. The highest BCUT2D eigenvalue weighted by Gasteiger charge is 2.07. The van der Waals surface area contributed by atoms with E-state index in [1.165, 1.54) is 19.1 Å². The first-order chi connectivity index (χ1) is 7.56. The molecule has 4 nitrogen and oxygen atoms in total. The molecule has 1 aromatic carbocycles. The van der Waals surface area contributed by atoms with Gasteiger partial charge >= 0.3 is 0 Å². The highest BCUT2D eigenvalue weighted by Crippen LogP contribution is 2.22. The van der Waals surface area contributed by atoms with E-state index in [4.69, 9.17) is 10.2 Å². The second kappa shape index (κ2) is 5.65. The third-order valence-corrected chi connectivity index (χ3v) is 2.31. The van der Waals surface area contributed by atoms with Crippen LogP contribution in [0.5, 0.6) is 5.75 Å². The Labute approximate surface area is 94.1 Å². The average molecular weight is 224 g/mol. The molecular formula is C12H16O4. The van der Waals surface area contributed by atoms with Crippen LogP contribution >= 0.6 is 0 Å². The van der Waals surface area contributed by atoms with Gasteiger partial charge < -0.3 is 20.4 Å². The van der Waals surface area contributed by atoms with Gasteiger partial charge in [0, 0.05) is 5.56 Å². The largest absolute Gasteiger partial charge is 0.508 e. The zero-order chi connectivity index (χ0) is 12.1. The standard InChI is InChI=1S/C12H16O4/c1-8(14)11(15)6-5-9-3-2-4-12(16)10(9)7-13/h2-6,8,11,13-16H,7H2,1H3/b6-5+/t8-,11+/m0/s1. The summed E-state index contributed by atoms with van der Waals surface area (Å²) in [6.45, 7) is 1.20. The molecule has 1 rings (SSSR count). The van der Waals surface area contributed by atoms with Gasteiger partial charge in [-0.05, 0) is 18.6 Å². The van der Waals surface area contributed by atoms with Gasteiger partial charge in [0.25, 0.3) is 0 Å². The Morgan fingerprint density at radius 1 is 1.31 bits per heavy atom. The summed E-state index contributed by atoms with van der Waals surface area (Å²) in [5.41, 5.74) is 1.01. The summed E-state index contributed by atoms with van der Waals surface area (Å²) < 4.78 is 0. The van der Waals surface area contributed by atoms with Crippen LogP contribution in [0.15, 0.2) is 24.3 Å². The van der Waals surface area contributed by atoms with Crippen molar-refractivity contribution in [2.75, 3.05) is 0 Å². The fraction of sp³-hybridized carbons (Fsp3) is 0.333. The lowest BCUT2D eigenvalue weighted by atomic mass is 10.1. The van der Waals surface area contributed by atoms with E-state index in [2.05, 4.69) is 0 Å². The van der Waals surface area contributed by atoms with Crippen molar-refractivity contribution in [3.63, 3.8) is 0 Å². The predicted molar refractivity (Wildman–Crippen MR) is 60.8 cm³/mol. The summed E-state index contributed by atoms with van der Waals surface area (Å²) in [6, 6.07) is 4.83. The third-order valence-electron chi connectivity index (χ3n) is 2.31. The van der Waals surface area contributed by atoms with Gasteiger partial charge in [-0.2, -0.15) is 0 Å². The number of phenols is 1. The van der Waals surface area contributed by atoms with Crippen molar-refractivity contribution in [3.05, 3.63) is 35.4 Å². The SMILES string of the molecule is C[C@H](O)[C@H](O)/C=C/c1cccc(O)c1CO. The minimum Gasteiger partial charge on any atom is -0.508 e. The number of aromatic hydroxyl groups is 1. The Kier molecular flexibility index (Phi) is 4.49. The molecule has 0 saturated heterocycles. The number of hydrogen-bond donors (Lipinski definition) is 4. The molecular weight excluding hydrogens is 208 g/mol. The molecule has 0 aliphatic rings. The van der Waals surface area contributed by atoms with Crippen molar-refractivity contribution in [2.24, 2.45) is 0 Å². The second-order valence-corrected chi connectivity index (χ2v) is 3.59. The van der Waals surface area contributed by atoms with E-state index >= 15 is 0 Å². The molecule has 0 aromatic heterocycles. The highest BCUT2D eigenvalue weighted by atomic mass is 16.3. The Morgan fingerprint density at radius 2 is 2.00 bits per heavy atom. The van der Waals surface area contributed by atoms with Gasteiger partial charge in [0.2, 0.25) is 0 Å². The van der Waals surface area contributed by atoms with E-state index in [1.54, 1.807) is 18.2 Å². The maximum Gasteiger partial charge on any atom is 0.121 e. The second-order valence-electron chi connectivity index (χ2n) is 3.59. The van der Waals surface area contributed by atoms with Gasteiger partial charge in [-0.25, -0.2) is 0 Å². The molecule has 0 fully saturated rings. The van der Waals surface area contributed by atoms with Crippen LogP contribution < -0.4 is 0 Å². The van der Waals surface area contributed by atoms with Crippen LogP contribution in [0.25, 0.3) is 6.08 Å². The molecule has 0 unspecified atom stereocenters. The number of hydrogen-bond acceptors (Lipinski definition) is 4. The minimum atomic E-state index is -0.964. The van der Waals surface area contributed by atoms with E-state index in [0.717, 1.165) is 0 Å². The average Bonchev–Trinajstić information content (AvgIpc) is 2.25. The number of benzene rings is 1. The van der Waals surface area contributed by atoms with E-state index < -0.39 is 12.2 Å². The molecule has 0 aliphatic carbocycles. The van der Waals surface area contributed by atoms with Crippen LogP contribution in [0, 0.1) is 0 Å². The molecule has 0 amide bonds. The Hall–Kier alpha value is -1.36. The lowest BCUT2D eigenvalue weighted by molar-refractivity contribution is 0.0624. The van der Waals surface area contributed by atoms with Gasteiger partial charge in [-0.3, -0.25) is 0 Å². The van der Waals surface area contributed by atoms with Crippen molar-refractivity contribution in [2.45, 2.75) is 25.7 Å². The highest BCUT2D eigenvalue weighted by molar-refractivity contribution is 5.57. The summed E-state index contributed by atoms with van der Waals surface area (Å²) in [7, 11) is 0. The molecule has 0 spiro atoms. The summed E-state index contributed by atoms with van der Waals surface area (Å²) in [5, 5.41) is 37.0. The van der Waals surface area contributed by atoms with Crippen molar-refractivity contribution in [3.8, 4) is 5.75 Å². The zero-order valence-electron chi connectivity index (χ0n) is 9.04. The molecule has 0 aliphatic heterocycles. The molecule has 0 saturated carbocycles. The maximum absolute atomic E-state index is 9.46. The van der Waals surface area contributed by atoms with Crippen LogP contribution in [0.3, 0.4) is 0 Å². The van der Waals surface area contributed by atoms with Gasteiger partial charge in [-0.15, -0.1) is 0 Å². The summed E-state index contributed by atoms with van der Waals surface area (Å²) in [4.78, 5) is 0. The van der Waals surface area contributed by atoms with E-state index in [9.17, 15) is 10.2 Å². The maximum atomic E-state index is 9.46. The smallest absolute Gasteiger partial charge is 0.121 e. The number of aliphatic hydroxyl groups excluding tert-OH is 3. The first-order valence-electron chi connectivity index (χ1n) is 5.02. The molecule has 88 valence electrons.